The Morgan fingerprint density at radius 3 is 2.86 bits per heavy atom. The molecule has 8 heteroatoms. The molecule has 2 rings (SSSR count). The molecule has 7 nitrogen and oxygen atoms in total. The first kappa shape index (κ1) is 10.6. The first-order chi connectivity index (χ1) is 6.18. The molecule has 0 aliphatic carbocycles. The summed E-state index contributed by atoms with van der Waals surface area (Å²) < 4.78 is 0. The van der Waals surface area contributed by atoms with Crippen LogP contribution in [0.5, 0.6) is 0 Å². The number of rotatable bonds is 1. The number of nitrogens with zero attached hydrogens (tertiary/aromatic N) is 3. The number of nitro groups is 1. The molecule has 1 heterocycles. The van der Waals surface area contributed by atoms with Crippen molar-refractivity contribution in [3.8, 4) is 0 Å². The first-order valence-electron chi connectivity index (χ1n) is 3.43. The number of hydrogen-bond donors (Lipinski definition) is 2. The zero-order valence-electron chi connectivity index (χ0n) is 6.69. The minimum atomic E-state index is -0.546. The number of aromatic amines is 1. The van der Waals surface area contributed by atoms with Crippen LogP contribution in [0.2, 0.25) is 0 Å². The third-order valence-corrected chi connectivity index (χ3v) is 1.67. The second-order valence-corrected chi connectivity index (χ2v) is 2.50. The summed E-state index contributed by atoms with van der Waals surface area (Å²) in [7, 11) is 0. The Balaban J connectivity index is 0.000000980. The zero-order valence-corrected chi connectivity index (χ0v) is 8.17. The van der Waals surface area contributed by atoms with Crippen molar-refractivity contribution in [2.45, 2.75) is 0 Å². The van der Waals surface area contributed by atoms with Crippen molar-refractivity contribution in [1.82, 2.24) is 15.4 Å². The zero-order chi connectivity index (χ0) is 9.42. The summed E-state index contributed by atoms with van der Waals surface area (Å²) in [5.41, 5.74) is 6.39. The van der Waals surface area contributed by atoms with Crippen LogP contribution in [0.1, 0.15) is 0 Å². The summed E-state index contributed by atoms with van der Waals surface area (Å²) in [4.78, 5) is 9.91. The van der Waals surface area contributed by atoms with E-state index in [1.165, 1.54) is 12.1 Å². The molecule has 3 N–H and O–H groups in total. The molecule has 0 radical (unpaired) electrons. The maximum Gasteiger partial charge on any atom is 1.00 e. The van der Waals surface area contributed by atoms with Gasteiger partial charge in [-0.05, 0) is 6.07 Å². The maximum absolute atomic E-state index is 10.5. The normalized spacial score (nSPS) is 9.71. The number of fused-ring (bicyclic) bond motifs is 1. The molecule has 76 valence electrons. The number of nitrogens with one attached hydrogen (secondary N) is 1. The van der Waals surface area contributed by atoms with Gasteiger partial charge in [-0.2, -0.15) is 0 Å². The monoisotopic (exact) mass is 286 g/mol. The Kier molecular flexibility index (Phi) is 2.84. The molecule has 0 fully saturated rings. The van der Waals surface area contributed by atoms with Gasteiger partial charge < -0.3 is 5.73 Å². The van der Waals surface area contributed by atoms with Crippen LogP contribution in [0, 0.1) is 10.1 Å². The first-order valence-corrected chi connectivity index (χ1v) is 3.43. The van der Waals surface area contributed by atoms with E-state index in [4.69, 9.17) is 5.73 Å². The fourth-order valence-corrected chi connectivity index (χ4v) is 1.06. The van der Waals surface area contributed by atoms with Gasteiger partial charge >= 0.3 is 22.4 Å². The number of nitro benzene ring substituents is 1. The average Bonchev–Trinajstić information content (AvgIpc) is 2.48. The van der Waals surface area contributed by atoms with E-state index in [2.05, 4.69) is 15.4 Å². The topological polar surface area (TPSA) is 111 Å². The molecule has 1 aromatic heterocycles. The quantitative estimate of drug-likeness (QED) is 0.342. The molecule has 0 amide bonds. The number of nitrogens with two attached hydrogens (primary N) is 1. The third-order valence-electron chi connectivity index (χ3n) is 1.67. The summed E-state index contributed by atoms with van der Waals surface area (Å²) in [5, 5.41) is 20.1. The molecular formula is C6H5AgN5O2+. The fraction of sp³-hybridized carbons (Fsp3) is 0. The van der Waals surface area contributed by atoms with Crippen molar-refractivity contribution in [3.63, 3.8) is 0 Å². The van der Waals surface area contributed by atoms with Gasteiger partial charge in [0.15, 0.2) is 0 Å². The molecule has 1 aromatic carbocycles. The Hall–Kier alpha value is -1.44. The van der Waals surface area contributed by atoms with Gasteiger partial charge in [0.05, 0.1) is 10.4 Å². The van der Waals surface area contributed by atoms with Gasteiger partial charge in [-0.3, -0.25) is 15.2 Å². The van der Waals surface area contributed by atoms with Crippen LogP contribution >= 0.6 is 0 Å². The van der Waals surface area contributed by atoms with E-state index in [0.29, 0.717) is 11.0 Å². The standard InChI is InChI=1S/C6H5N5O2.Ag/c7-3-1-4-5(9-10-8-4)2-6(3)11(12)13;/h1-2H,7H2,(H,8,9,10);/q;+1. The van der Waals surface area contributed by atoms with Crippen LogP contribution in [-0.4, -0.2) is 20.3 Å². The second-order valence-electron chi connectivity index (χ2n) is 2.50. The van der Waals surface area contributed by atoms with Crippen molar-refractivity contribution in [1.29, 1.82) is 0 Å². The Morgan fingerprint density at radius 2 is 2.21 bits per heavy atom. The van der Waals surface area contributed by atoms with E-state index in [9.17, 15) is 10.1 Å². The molecule has 0 spiro atoms. The van der Waals surface area contributed by atoms with Crippen LogP contribution in [-0.2, 0) is 22.4 Å². The molecule has 2 aromatic rings. The summed E-state index contributed by atoms with van der Waals surface area (Å²) in [6.07, 6.45) is 0. The summed E-state index contributed by atoms with van der Waals surface area (Å²) in [6, 6.07) is 2.72. The van der Waals surface area contributed by atoms with Gasteiger partial charge in [0.2, 0.25) is 0 Å². The minimum Gasteiger partial charge on any atom is -0.393 e. The van der Waals surface area contributed by atoms with Crippen LogP contribution in [0.25, 0.3) is 11.0 Å². The molecule has 0 saturated carbocycles. The molecule has 0 aliphatic heterocycles. The number of benzene rings is 1. The minimum absolute atomic E-state index is 0. The predicted octanol–water partition coefficient (Wildman–Crippen LogP) is 0.446. The molecule has 0 unspecified atom stereocenters. The van der Waals surface area contributed by atoms with E-state index >= 15 is 0 Å². The third kappa shape index (κ3) is 1.60. The van der Waals surface area contributed by atoms with Crippen LogP contribution in [0.3, 0.4) is 0 Å². The average molecular weight is 287 g/mol. The molecule has 0 atom stereocenters. The summed E-state index contributed by atoms with van der Waals surface area (Å²) in [5.74, 6) is 0. The molecule has 0 saturated heterocycles. The fourth-order valence-electron chi connectivity index (χ4n) is 1.06. The molecule has 0 aliphatic rings. The Labute approximate surface area is 93.3 Å². The Morgan fingerprint density at radius 1 is 1.50 bits per heavy atom. The largest absolute Gasteiger partial charge is 1.00 e. The van der Waals surface area contributed by atoms with Crippen molar-refractivity contribution in [2.24, 2.45) is 0 Å². The van der Waals surface area contributed by atoms with Gasteiger partial charge in [0.1, 0.15) is 11.2 Å². The van der Waals surface area contributed by atoms with Gasteiger partial charge in [-0.1, -0.05) is 5.21 Å². The molecule has 14 heavy (non-hydrogen) atoms. The van der Waals surface area contributed by atoms with Crippen LogP contribution in [0.4, 0.5) is 11.4 Å². The molecule has 0 bridgehead atoms. The van der Waals surface area contributed by atoms with Gasteiger partial charge in [-0.25, -0.2) is 0 Å². The number of aromatic nitrogens is 3. The smallest absolute Gasteiger partial charge is 0.393 e. The van der Waals surface area contributed by atoms with Crippen molar-refractivity contribution < 1.29 is 27.3 Å². The van der Waals surface area contributed by atoms with E-state index < -0.39 is 4.92 Å². The van der Waals surface area contributed by atoms with Gasteiger partial charge in [-0.15, -0.1) is 5.10 Å². The maximum atomic E-state index is 10.5. The SMILES string of the molecule is Nc1cc2nn[nH]c2cc1[N+](=O)[O-].[Ag+]. The van der Waals surface area contributed by atoms with Crippen molar-refractivity contribution >= 4 is 22.4 Å². The number of nitrogen functional groups attached to an aromatic ring is 1. The van der Waals surface area contributed by atoms with Gasteiger partial charge in [0.25, 0.3) is 5.69 Å². The predicted molar refractivity (Wildman–Crippen MR) is 45.0 cm³/mol. The summed E-state index contributed by atoms with van der Waals surface area (Å²) >= 11 is 0. The van der Waals surface area contributed by atoms with E-state index in [1.807, 2.05) is 0 Å². The van der Waals surface area contributed by atoms with E-state index in [1.54, 1.807) is 0 Å². The Bertz CT molecular complexity index is 482. The number of anilines is 1. The number of H-pyrrole nitrogens is 1. The second kappa shape index (κ2) is 3.74. The van der Waals surface area contributed by atoms with E-state index in [-0.39, 0.29) is 33.8 Å². The van der Waals surface area contributed by atoms with Crippen molar-refractivity contribution in [3.05, 3.63) is 22.2 Å². The van der Waals surface area contributed by atoms with E-state index in [0.717, 1.165) is 0 Å². The van der Waals surface area contributed by atoms with Crippen molar-refractivity contribution in [2.75, 3.05) is 5.73 Å². The molecular weight excluding hydrogens is 282 g/mol. The van der Waals surface area contributed by atoms with Gasteiger partial charge in [0, 0.05) is 6.07 Å². The summed E-state index contributed by atoms with van der Waals surface area (Å²) in [6.45, 7) is 0. The van der Waals surface area contributed by atoms with Crippen LogP contribution < -0.4 is 5.73 Å². The van der Waals surface area contributed by atoms with Crippen LogP contribution in [0.15, 0.2) is 12.1 Å². The number of hydrogen-bond acceptors (Lipinski definition) is 5.